The van der Waals surface area contributed by atoms with Gasteiger partial charge >= 0.3 is 5.69 Å². The second-order valence-electron chi connectivity index (χ2n) is 4.41. The summed E-state index contributed by atoms with van der Waals surface area (Å²) in [6.07, 6.45) is 5.42. The van der Waals surface area contributed by atoms with Gasteiger partial charge in [0, 0.05) is 19.2 Å². The van der Waals surface area contributed by atoms with E-state index < -0.39 is 0 Å². The van der Waals surface area contributed by atoms with Gasteiger partial charge in [0.05, 0.1) is 0 Å². The van der Waals surface area contributed by atoms with Crippen molar-refractivity contribution in [1.82, 2.24) is 9.13 Å². The summed E-state index contributed by atoms with van der Waals surface area (Å²) in [5.74, 6) is 0.292. The zero-order chi connectivity index (χ0) is 11.7. The van der Waals surface area contributed by atoms with Crippen LogP contribution in [-0.4, -0.2) is 9.13 Å². The number of hydrogen-bond donors (Lipinski definition) is 1. The van der Waals surface area contributed by atoms with Crippen molar-refractivity contribution < 1.29 is 0 Å². The van der Waals surface area contributed by atoms with Crippen LogP contribution in [0.5, 0.6) is 0 Å². The highest BCUT2D eigenvalue weighted by molar-refractivity contribution is 5.27. The third-order valence-corrected chi connectivity index (χ3v) is 3.31. The Hall–Kier alpha value is -1.52. The van der Waals surface area contributed by atoms with E-state index in [1.165, 1.54) is 19.5 Å². The maximum atomic E-state index is 12.0. The molecular weight excluding hydrogens is 206 g/mol. The molecule has 0 unspecified atom stereocenters. The quantitative estimate of drug-likeness (QED) is 0.759. The minimum atomic E-state index is -0.338. The summed E-state index contributed by atoms with van der Waals surface area (Å²) < 4.78 is 2.69. The zero-order valence-electron chi connectivity index (χ0n) is 9.48. The Kier molecular flexibility index (Phi) is 2.85. The van der Waals surface area contributed by atoms with Crippen LogP contribution in [0.2, 0.25) is 0 Å². The molecule has 0 amide bonds. The summed E-state index contributed by atoms with van der Waals surface area (Å²) in [5.41, 5.74) is 5.14. The van der Waals surface area contributed by atoms with Gasteiger partial charge in [0.2, 0.25) is 0 Å². The van der Waals surface area contributed by atoms with E-state index in [0.29, 0.717) is 5.82 Å². The molecule has 0 radical (unpaired) electrons. The number of rotatable bonds is 1. The molecule has 1 aromatic rings. The highest BCUT2D eigenvalue weighted by Gasteiger charge is 2.19. The molecule has 88 valence electrons. The van der Waals surface area contributed by atoms with Crippen LogP contribution in [0.15, 0.2) is 15.7 Å². The Morgan fingerprint density at radius 2 is 1.88 bits per heavy atom. The summed E-state index contributed by atoms with van der Waals surface area (Å²) in [4.78, 5) is 23.3. The van der Waals surface area contributed by atoms with Gasteiger partial charge in [-0.3, -0.25) is 13.9 Å². The molecule has 5 nitrogen and oxygen atoms in total. The van der Waals surface area contributed by atoms with Gasteiger partial charge in [0.15, 0.2) is 0 Å². The molecule has 0 atom stereocenters. The Labute approximate surface area is 93.5 Å². The van der Waals surface area contributed by atoms with E-state index in [9.17, 15) is 9.59 Å². The van der Waals surface area contributed by atoms with Crippen LogP contribution in [-0.2, 0) is 7.05 Å². The number of hydrogen-bond acceptors (Lipinski definition) is 3. The van der Waals surface area contributed by atoms with E-state index in [4.69, 9.17) is 5.73 Å². The normalized spacial score (nSPS) is 17.6. The average molecular weight is 223 g/mol. The zero-order valence-corrected chi connectivity index (χ0v) is 9.48. The molecule has 1 saturated carbocycles. The van der Waals surface area contributed by atoms with Gasteiger partial charge in [-0.1, -0.05) is 19.3 Å². The third-order valence-electron chi connectivity index (χ3n) is 3.31. The standard InChI is InChI=1S/C11H17N3O2/c1-13-10(15)7-9(12)14(11(13)16)8-5-3-2-4-6-8/h7-8H,2-6,12H2,1H3. The van der Waals surface area contributed by atoms with Crippen LogP contribution >= 0.6 is 0 Å². The van der Waals surface area contributed by atoms with Crippen molar-refractivity contribution in [2.45, 2.75) is 38.1 Å². The highest BCUT2D eigenvalue weighted by Crippen LogP contribution is 2.27. The first kappa shape index (κ1) is 11.0. The Bertz CT molecular complexity index is 495. The lowest BCUT2D eigenvalue weighted by Crippen LogP contribution is -2.40. The maximum Gasteiger partial charge on any atom is 0.332 e. The smallest absolute Gasteiger partial charge is 0.332 e. The third kappa shape index (κ3) is 1.77. The van der Waals surface area contributed by atoms with E-state index in [2.05, 4.69) is 0 Å². The monoisotopic (exact) mass is 223 g/mol. The summed E-state index contributed by atoms with van der Waals surface area (Å²) in [5, 5.41) is 0. The van der Waals surface area contributed by atoms with Gasteiger partial charge in [0.1, 0.15) is 5.82 Å². The lowest BCUT2D eigenvalue weighted by Gasteiger charge is -2.25. The van der Waals surface area contributed by atoms with Crippen LogP contribution in [0.3, 0.4) is 0 Å². The fourth-order valence-electron chi connectivity index (χ4n) is 2.37. The molecule has 2 rings (SSSR count). The molecule has 1 aliphatic rings. The number of aromatic nitrogens is 2. The SMILES string of the molecule is Cn1c(=O)cc(N)n(C2CCCCC2)c1=O. The summed E-state index contributed by atoms with van der Waals surface area (Å²) in [6, 6.07) is 1.49. The Balaban J connectivity index is 2.51. The van der Waals surface area contributed by atoms with Gasteiger partial charge in [-0.2, -0.15) is 0 Å². The van der Waals surface area contributed by atoms with Crippen molar-refractivity contribution in [2.24, 2.45) is 7.05 Å². The molecule has 0 spiro atoms. The summed E-state index contributed by atoms with van der Waals surface area (Å²) in [7, 11) is 1.49. The Morgan fingerprint density at radius 3 is 2.50 bits per heavy atom. The van der Waals surface area contributed by atoms with E-state index in [1.54, 1.807) is 4.57 Å². The lowest BCUT2D eigenvalue weighted by molar-refractivity contribution is 0.341. The second-order valence-corrected chi connectivity index (χ2v) is 4.41. The number of nitrogen functional groups attached to an aromatic ring is 1. The molecule has 1 fully saturated rings. The van der Waals surface area contributed by atoms with Gasteiger partial charge in [-0.15, -0.1) is 0 Å². The molecule has 1 aliphatic carbocycles. The first-order chi connectivity index (χ1) is 7.61. The summed E-state index contributed by atoms with van der Waals surface area (Å²) >= 11 is 0. The molecule has 0 bridgehead atoms. The minimum absolute atomic E-state index is 0.160. The van der Waals surface area contributed by atoms with Crippen molar-refractivity contribution in [2.75, 3.05) is 5.73 Å². The molecule has 5 heteroatoms. The largest absolute Gasteiger partial charge is 0.385 e. The van der Waals surface area contributed by atoms with E-state index >= 15 is 0 Å². The van der Waals surface area contributed by atoms with Gasteiger partial charge < -0.3 is 5.73 Å². The van der Waals surface area contributed by atoms with E-state index in [1.807, 2.05) is 0 Å². The maximum absolute atomic E-state index is 12.0. The topological polar surface area (TPSA) is 70.0 Å². The number of nitrogens with zero attached hydrogens (tertiary/aromatic N) is 2. The molecule has 0 aliphatic heterocycles. The highest BCUT2D eigenvalue weighted by atomic mass is 16.2. The lowest BCUT2D eigenvalue weighted by atomic mass is 9.95. The number of nitrogens with two attached hydrogens (primary N) is 1. The molecule has 0 aromatic carbocycles. The van der Waals surface area contributed by atoms with Crippen molar-refractivity contribution in [3.05, 3.63) is 26.9 Å². The predicted octanol–water partition coefficient (Wildman–Crippen LogP) is 0.634. The van der Waals surface area contributed by atoms with Crippen molar-refractivity contribution in [3.8, 4) is 0 Å². The van der Waals surface area contributed by atoms with Gasteiger partial charge in [-0.05, 0) is 12.8 Å². The fraction of sp³-hybridized carbons (Fsp3) is 0.636. The average Bonchev–Trinajstić information content (AvgIpc) is 2.28. The summed E-state index contributed by atoms with van der Waals surface area (Å²) in [6.45, 7) is 0. The molecule has 1 heterocycles. The molecule has 0 saturated heterocycles. The fourth-order valence-corrected chi connectivity index (χ4v) is 2.37. The van der Waals surface area contributed by atoms with Crippen LogP contribution in [0, 0.1) is 0 Å². The van der Waals surface area contributed by atoms with Crippen LogP contribution in [0.25, 0.3) is 0 Å². The predicted molar refractivity (Wildman–Crippen MR) is 62.5 cm³/mol. The van der Waals surface area contributed by atoms with E-state index in [-0.39, 0.29) is 17.3 Å². The van der Waals surface area contributed by atoms with Crippen molar-refractivity contribution in [1.29, 1.82) is 0 Å². The molecule has 16 heavy (non-hydrogen) atoms. The Morgan fingerprint density at radius 1 is 1.25 bits per heavy atom. The molecule has 1 aromatic heterocycles. The van der Waals surface area contributed by atoms with Crippen LogP contribution < -0.4 is 17.0 Å². The van der Waals surface area contributed by atoms with E-state index in [0.717, 1.165) is 30.3 Å². The first-order valence-electron chi connectivity index (χ1n) is 5.69. The molecular formula is C11H17N3O2. The number of anilines is 1. The van der Waals surface area contributed by atoms with Gasteiger partial charge in [0.25, 0.3) is 5.56 Å². The van der Waals surface area contributed by atoms with Crippen molar-refractivity contribution >= 4 is 5.82 Å². The molecule has 2 N–H and O–H groups in total. The van der Waals surface area contributed by atoms with Crippen LogP contribution in [0.1, 0.15) is 38.1 Å². The minimum Gasteiger partial charge on any atom is -0.385 e. The van der Waals surface area contributed by atoms with Crippen molar-refractivity contribution in [3.63, 3.8) is 0 Å². The first-order valence-corrected chi connectivity index (χ1v) is 5.69. The van der Waals surface area contributed by atoms with Crippen LogP contribution in [0.4, 0.5) is 5.82 Å². The second kappa shape index (κ2) is 4.15. The van der Waals surface area contributed by atoms with Gasteiger partial charge in [-0.25, -0.2) is 4.79 Å².